The summed E-state index contributed by atoms with van der Waals surface area (Å²) in [6, 6.07) is 4.89. The maximum Gasteiger partial charge on any atom is 0.233 e. The average molecular weight is 299 g/mol. The van der Waals surface area contributed by atoms with Gasteiger partial charge in [-0.2, -0.15) is 0 Å². The molecule has 5 aliphatic rings. The normalized spacial score (nSPS) is 38.4. The minimum absolute atomic E-state index is 0.0925. The third kappa shape index (κ3) is 1.74. The minimum Gasteiger partial charge on any atom is -0.311 e. The van der Waals surface area contributed by atoms with Crippen molar-refractivity contribution in [2.75, 3.05) is 11.4 Å². The molecule has 0 N–H and O–H groups in total. The quantitative estimate of drug-likeness (QED) is 0.769. The van der Waals surface area contributed by atoms with Crippen molar-refractivity contribution in [3.8, 4) is 0 Å². The van der Waals surface area contributed by atoms with Crippen LogP contribution in [0.4, 0.5) is 10.1 Å². The summed E-state index contributed by atoms with van der Waals surface area (Å²) in [7, 11) is 0. The lowest BCUT2D eigenvalue weighted by Gasteiger charge is -2.56. The van der Waals surface area contributed by atoms with Crippen LogP contribution in [0.3, 0.4) is 0 Å². The van der Waals surface area contributed by atoms with E-state index in [0.717, 1.165) is 61.2 Å². The summed E-state index contributed by atoms with van der Waals surface area (Å²) in [4.78, 5) is 15.4. The number of benzene rings is 1. The molecule has 3 heteroatoms. The van der Waals surface area contributed by atoms with Crippen molar-refractivity contribution in [3.05, 3.63) is 29.6 Å². The molecule has 1 heterocycles. The molecule has 1 aliphatic heterocycles. The Balaban J connectivity index is 1.49. The van der Waals surface area contributed by atoms with Gasteiger partial charge in [-0.15, -0.1) is 0 Å². The zero-order valence-corrected chi connectivity index (χ0v) is 12.9. The van der Waals surface area contributed by atoms with Crippen molar-refractivity contribution in [2.24, 2.45) is 23.2 Å². The molecule has 0 aromatic heterocycles. The summed E-state index contributed by atoms with van der Waals surface area (Å²) in [5.41, 5.74) is 1.87. The molecule has 0 atom stereocenters. The van der Waals surface area contributed by atoms with Crippen LogP contribution in [0.2, 0.25) is 0 Å². The zero-order valence-electron chi connectivity index (χ0n) is 12.9. The maximum atomic E-state index is 13.4. The molecule has 22 heavy (non-hydrogen) atoms. The van der Waals surface area contributed by atoms with Crippen LogP contribution in [0.25, 0.3) is 0 Å². The van der Waals surface area contributed by atoms with Gasteiger partial charge in [-0.1, -0.05) is 0 Å². The topological polar surface area (TPSA) is 20.3 Å². The molecule has 4 aliphatic carbocycles. The van der Waals surface area contributed by atoms with Crippen molar-refractivity contribution >= 4 is 11.6 Å². The lowest BCUT2D eigenvalue weighted by molar-refractivity contribution is -0.143. The van der Waals surface area contributed by atoms with Crippen LogP contribution in [0.15, 0.2) is 18.2 Å². The fraction of sp³-hybridized carbons (Fsp3) is 0.632. The van der Waals surface area contributed by atoms with Crippen molar-refractivity contribution in [1.82, 2.24) is 0 Å². The first kappa shape index (κ1) is 13.1. The minimum atomic E-state index is -0.192. The summed E-state index contributed by atoms with van der Waals surface area (Å²) in [6.07, 6.45) is 8.17. The number of nitrogens with zero attached hydrogens (tertiary/aromatic N) is 1. The lowest BCUT2D eigenvalue weighted by atomic mass is 9.49. The third-order valence-corrected chi connectivity index (χ3v) is 6.67. The number of halogens is 1. The molecule has 4 fully saturated rings. The second-order valence-electron chi connectivity index (χ2n) is 8.18. The van der Waals surface area contributed by atoms with Gasteiger partial charge in [0.25, 0.3) is 0 Å². The van der Waals surface area contributed by atoms with Crippen molar-refractivity contribution in [3.63, 3.8) is 0 Å². The van der Waals surface area contributed by atoms with E-state index in [1.54, 1.807) is 12.1 Å². The molecule has 0 saturated heterocycles. The Morgan fingerprint density at radius 1 is 1.09 bits per heavy atom. The molecule has 4 saturated carbocycles. The molecular weight excluding hydrogens is 277 g/mol. The fourth-order valence-corrected chi connectivity index (χ4v) is 6.24. The smallest absolute Gasteiger partial charge is 0.233 e. The van der Waals surface area contributed by atoms with Gasteiger partial charge in [-0.3, -0.25) is 4.79 Å². The van der Waals surface area contributed by atoms with Crippen LogP contribution in [-0.4, -0.2) is 12.5 Å². The molecule has 2 nitrogen and oxygen atoms in total. The van der Waals surface area contributed by atoms with Crippen molar-refractivity contribution in [2.45, 2.75) is 44.9 Å². The van der Waals surface area contributed by atoms with Crippen LogP contribution in [0.1, 0.15) is 44.1 Å². The summed E-state index contributed by atoms with van der Waals surface area (Å²) < 4.78 is 13.4. The number of hydrogen-bond donors (Lipinski definition) is 0. The van der Waals surface area contributed by atoms with E-state index in [1.165, 1.54) is 25.3 Å². The van der Waals surface area contributed by atoms with Gasteiger partial charge in [-0.25, -0.2) is 4.39 Å². The van der Waals surface area contributed by atoms with Crippen LogP contribution < -0.4 is 4.90 Å². The highest BCUT2D eigenvalue weighted by atomic mass is 19.1. The first-order chi connectivity index (χ1) is 10.6. The number of fused-ring (bicyclic) bond motifs is 1. The van der Waals surface area contributed by atoms with E-state index in [0.29, 0.717) is 5.91 Å². The van der Waals surface area contributed by atoms with E-state index in [4.69, 9.17) is 0 Å². The van der Waals surface area contributed by atoms with E-state index in [-0.39, 0.29) is 11.2 Å². The van der Waals surface area contributed by atoms with E-state index in [1.807, 2.05) is 4.90 Å². The molecule has 4 bridgehead atoms. The van der Waals surface area contributed by atoms with E-state index < -0.39 is 0 Å². The van der Waals surface area contributed by atoms with Crippen LogP contribution >= 0.6 is 0 Å². The second kappa shape index (κ2) is 4.33. The van der Waals surface area contributed by atoms with Crippen molar-refractivity contribution in [1.29, 1.82) is 0 Å². The Bertz CT molecular complexity index is 618. The van der Waals surface area contributed by atoms with Gasteiger partial charge >= 0.3 is 0 Å². The van der Waals surface area contributed by atoms with Gasteiger partial charge in [0, 0.05) is 12.2 Å². The molecule has 6 rings (SSSR count). The summed E-state index contributed by atoms with van der Waals surface area (Å²) in [5, 5.41) is 0. The SMILES string of the molecule is O=C(N1CCc2cc(F)ccc21)C12CC3CC(CC(C3)C1)C2. The molecule has 0 unspecified atom stereocenters. The number of hydrogen-bond acceptors (Lipinski definition) is 1. The molecule has 1 aromatic rings. The predicted octanol–water partition coefficient (Wildman–Crippen LogP) is 3.93. The van der Waals surface area contributed by atoms with Crippen LogP contribution in [0, 0.1) is 29.0 Å². The number of rotatable bonds is 1. The molecule has 116 valence electrons. The molecule has 0 spiro atoms. The van der Waals surface area contributed by atoms with Gasteiger partial charge in [-0.05, 0) is 86.5 Å². The number of carbonyl (C=O) groups excluding carboxylic acids is 1. The lowest BCUT2D eigenvalue weighted by Crippen LogP contribution is -2.54. The Morgan fingerprint density at radius 3 is 2.36 bits per heavy atom. The predicted molar refractivity (Wildman–Crippen MR) is 83.1 cm³/mol. The molecule has 0 radical (unpaired) electrons. The highest BCUT2D eigenvalue weighted by Gasteiger charge is 2.56. The standard InChI is InChI=1S/C19H22FNO/c20-16-1-2-17-15(8-16)3-4-21(17)18(22)19-9-12-5-13(10-19)7-14(6-12)11-19/h1-2,8,12-14H,3-7,9-11H2. The third-order valence-electron chi connectivity index (χ3n) is 6.67. The summed E-state index contributed by atoms with van der Waals surface area (Å²) in [5.74, 6) is 2.50. The number of amides is 1. The van der Waals surface area contributed by atoms with E-state index in [9.17, 15) is 9.18 Å². The monoisotopic (exact) mass is 299 g/mol. The Labute approximate surface area is 130 Å². The first-order valence-electron chi connectivity index (χ1n) is 8.73. The maximum absolute atomic E-state index is 13.4. The highest BCUT2D eigenvalue weighted by molar-refractivity contribution is 5.99. The summed E-state index contributed by atoms with van der Waals surface area (Å²) in [6.45, 7) is 0.735. The van der Waals surface area contributed by atoms with Gasteiger partial charge in [0.05, 0.1) is 5.41 Å². The zero-order chi connectivity index (χ0) is 14.9. The molecule has 1 amide bonds. The van der Waals surface area contributed by atoms with E-state index >= 15 is 0 Å². The largest absolute Gasteiger partial charge is 0.311 e. The van der Waals surface area contributed by atoms with Gasteiger partial charge in [0.2, 0.25) is 5.91 Å². The van der Waals surface area contributed by atoms with E-state index in [2.05, 4.69) is 0 Å². The molecular formula is C19H22FNO. The van der Waals surface area contributed by atoms with Crippen LogP contribution in [-0.2, 0) is 11.2 Å². The number of carbonyl (C=O) groups is 1. The average Bonchev–Trinajstić information content (AvgIpc) is 2.87. The second-order valence-corrected chi connectivity index (χ2v) is 8.18. The first-order valence-corrected chi connectivity index (χ1v) is 8.73. The van der Waals surface area contributed by atoms with Gasteiger partial charge < -0.3 is 4.90 Å². The Morgan fingerprint density at radius 2 is 1.73 bits per heavy atom. The van der Waals surface area contributed by atoms with Gasteiger partial charge in [0.15, 0.2) is 0 Å². The fourth-order valence-electron chi connectivity index (χ4n) is 6.24. The highest BCUT2D eigenvalue weighted by Crippen LogP contribution is 2.60. The number of anilines is 1. The summed E-state index contributed by atoms with van der Waals surface area (Å²) >= 11 is 0. The van der Waals surface area contributed by atoms with Crippen LogP contribution in [0.5, 0.6) is 0 Å². The Kier molecular flexibility index (Phi) is 2.58. The van der Waals surface area contributed by atoms with Crippen molar-refractivity contribution < 1.29 is 9.18 Å². The Hall–Kier alpha value is -1.38. The van der Waals surface area contributed by atoms with Gasteiger partial charge in [0.1, 0.15) is 5.82 Å². The molecule has 1 aromatic carbocycles.